The summed E-state index contributed by atoms with van der Waals surface area (Å²) in [7, 11) is -3.27. The number of nitrogens with zero attached hydrogens (tertiary/aromatic N) is 1. The van der Waals surface area contributed by atoms with Crippen LogP contribution in [0.4, 0.5) is 0 Å². The Balaban J connectivity index is 1.84. The Bertz CT molecular complexity index is 528. The van der Waals surface area contributed by atoms with Gasteiger partial charge in [0, 0.05) is 19.1 Å². The van der Waals surface area contributed by atoms with Crippen LogP contribution in [-0.2, 0) is 10.0 Å². The van der Waals surface area contributed by atoms with Gasteiger partial charge in [-0.15, -0.1) is 0 Å². The van der Waals surface area contributed by atoms with E-state index in [4.69, 9.17) is 10.5 Å². The first-order valence-electron chi connectivity index (χ1n) is 6.90. The van der Waals surface area contributed by atoms with Crippen molar-refractivity contribution in [2.45, 2.75) is 25.8 Å². The minimum atomic E-state index is -3.27. The van der Waals surface area contributed by atoms with Crippen molar-refractivity contribution in [3.63, 3.8) is 0 Å². The average Bonchev–Trinajstić information content (AvgIpc) is 2.41. The monoisotopic (exact) mass is 298 g/mol. The second kappa shape index (κ2) is 6.56. The lowest BCUT2D eigenvalue weighted by Gasteiger charge is -2.29. The number of hydrogen-bond acceptors (Lipinski definition) is 4. The molecular formula is C14H22N2O3S. The highest BCUT2D eigenvalue weighted by atomic mass is 32.2. The molecule has 1 aromatic carbocycles. The summed E-state index contributed by atoms with van der Waals surface area (Å²) in [5, 5.41) is 0. The Morgan fingerprint density at radius 2 is 2.05 bits per heavy atom. The third-order valence-electron chi connectivity index (χ3n) is 3.44. The van der Waals surface area contributed by atoms with E-state index < -0.39 is 10.0 Å². The number of ether oxygens (including phenoxy) is 1. The largest absolute Gasteiger partial charge is 0.492 e. The molecule has 0 radical (unpaired) electrons. The van der Waals surface area contributed by atoms with Gasteiger partial charge >= 0.3 is 0 Å². The molecular weight excluding hydrogens is 276 g/mol. The van der Waals surface area contributed by atoms with Gasteiger partial charge in [-0.3, -0.25) is 0 Å². The van der Waals surface area contributed by atoms with Crippen LogP contribution in [0.15, 0.2) is 24.3 Å². The average molecular weight is 298 g/mol. The minimum absolute atomic E-state index is 0.00635. The number of sulfonamides is 1. The van der Waals surface area contributed by atoms with Gasteiger partial charge in [0.1, 0.15) is 12.4 Å². The summed E-state index contributed by atoms with van der Waals surface area (Å²) in [6.07, 6.45) is 1.73. The predicted octanol–water partition coefficient (Wildman–Crippen LogP) is 1.13. The van der Waals surface area contributed by atoms with Crippen LogP contribution in [-0.4, -0.2) is 44.2 Å². The van der Waals surface area contributed by atoms with Crippen LogP contribution < -0.4 is 10.5 Å². The van der Waals surface area contributed by atoms with Crippen molar-refractivity contribution in [1.82, 2.24) is 4.31 Å². The first-order chi connectivity index (χ1) is 9.47. The second-order valence-electron chi connectivity index (χ2n) is 5.24. The standard InChI is InChI=1S/C14H22N2O3S/c1-12-4-6-14(7-5-12)19-9-10-20(17,18)16-8-2-3-13(15)11-16/h4-7,13H,2-3,8-11,15H2,1H3. The molecule has 1 aromatic rings. The van der Waals surface area contributed by atoms with Gasteiger partial charge in [0.05, 0.1) is 5.75 Å². The van der Waals surface area contributed by atoms with Crippen molar-refractivity contribution >= 4 is 10.0 Å². The van der Waals surface area contributed by atoms with E-state index in [9.17, 15) is 8.42 Å². The lowest BCUT2D eigenvalue weighted by Crippen LogP contribution is -2.46. The van der Waals surface area contributed by atoms with Gasteiger partial charge in [-0.2, -0.15) is 0 Å². The number of hydrogen-bond donors (Lipinski definition) is 1. The molecule has 0 amide bonds. The molecule has 0 saturated carbocycles. The van der Waals surface area contributed by atoms with Crippen molar-refractivity contribution in [2.24, 2.45) is 5.73 Å². The van der Waals surface area contributed by atoms with Gasteiger partial charge in [-0.25, -0.2) is 12.7 Å². The Labute approximate surface area is 120 Å². The molecule has 1 fully saturated rings. The molecule has 0 aromatic heterocycles. The molecule has 1 heterocycles. The minimum Gasteiger partial charge on any atom is -0.492 e. The van der Waals surface area contributed by atoms with E-state index in [1.807, 2.05) is 31.2 Å². The smallest absolute Gasteiger partial charge is 0.217 e. The summed E-state index contributed by atoms with van der Waals surface area (Å²) in [6, 6.07) is 7.52. The number of rotatable bonds is 5. The first-order valence-corrected chi connectivity index (χ1v) is 8.51. The van der Waals surface area contributed by atoms with Crippen molar-refractivity contribution in [2.75, 3.05) is 25.4 Å². The van der Waals surface area contributed by atoms with Crippen molar-refractivity contribution in [3.8, 4) is 5.75 Å². The molecule has 0 spiro atoms. The van der Waals surface area contributed by atoms with E-state index in [0.29, 0.717) is 18.8 Å². The highest BCUT2D eigenvalue weighted by Gasteiger charge is 2.27. The molecule has 1 atom stereocenters. The maximum Gasteiger partial charge on any atom is 0.217 e. The van der Waals surface area contributed by atoms with E-state index in [-0.39, 0.29) is 18.4 Å². The molecule has 1 saturated heterocycles. The van der Waals surface area contributed by atoms with Crippen molar-refractivity contribution in [1.29, 1.82) is 0 Å². The predicted molar refractivity (Wildman–Crippen MR) is 79.2 cm³/mol. The van der Waals surface area contributed by atoms with Crippen LogP contribution in [0.25, 0.3) is 0 Å². The third-order valence-corrected chi connectivity index (χ3v) is 5.25. The van der Waals surface area contributed by atoms with Gasteiger partial charge in [-0.05, 0) is 31.9 Å². The maximum absolute atomic E-state index is 12.2. The number of piperidine rings is 1. The summed E-state index contributed by atoms with van der Waals surface area (Å²) in [6.45, 7) is 3.15. The molecule has 1 unspecified atom stereocenters. The summed E-state index contributed by atoms with van der Waals surface area (Å²) in [5.41, 5.74) is 6.96. The Kier molecular flexibility index (Phi) is 5.01. The highest BCUT2D eigenvalue weighted by molar-refractivity contribution is 7.89. The topological polar surface area (TPSA) is 72.6 Å². The van der Waals surface area contributed by atoms with Crippen LogP contribution in [0.3, 0.4) is 0 Å². The molecule has 2 rings (SSSR count). The molecule has 5 nitrogen and oxygen atoms in total. The molecule has 112 valence electrons. The normalized spacial score (nSPS) is 20.8. The molecule has 0 bridgehead atoms. The fourth-order valence-corrected chi connectivity index (χ4v) is 3.63. The Morgan fingerprint density at radius 3 is 2.70 bits per heavy atom. The van der Waals surface area contributed by atoms with Crippen LogP contribution in [0.1, 0.15) is 18.4 Å². The van der Waals surface area contributed by atoms with Crippen LogP contribution in [0.2, 0.25) is 0 Å². The van der Waals surface area contributed by atoms with E-state index in [1.165, 1.54) is 4.31 Å². The maximum atomic E-state index is 12.2. The Morgan fingerprint density at radius 1 is 1.35 bits per heavy atom. The van der Waals surface area contributed by atoms with Gasteiger partial charge in [0.25, 0.3) is 0 Å². The molecule has 0 aliphatic carbocycles. The number of aryl methyl sites for hydroxylation is 1. The van der Waals surface area contributed by atoms with E-state index in [0.717, 1.165) is 18.4 Å². The number of nitrogens with two attached hydrogens (primary N) is 1. The van der Waals surface area contributed by atoms with Crippen molar-refractivity contribution in [3.05, 3.63) is 29.8 Å². The van der Waals surface area contributed by atoms with Crippen molar-refractivity contribution < 1.29 is 13.2 Å². The highest BCUT2D eigenvalue weighted by Crippen LogP contribution is 2.14. The molecule has 6 heteroatoms. The molecule has 2 N–H and O–H groups in total. The zero-order valence-corrected chi connectivity index (χ0v) is 12.6. The third kappa shape index (κ3) is 4.19. The summed E-state index contributed by atoms with van der Waals surface area (Å²) in [5.74, 6) is 0.689. The lowest BCUT2D eigenvalue weighted by molar-refractivity contribution is 0.305. The number of benzene rings is 1. The molecule has 1 aliphatic heterocycles. The fraction of sp³-hybridized carbons (Fsp3) is 0.571. The van der Waals surface area contributed by atoms with Crippen LogP contribution >= 0.6 is 0 Å². The summed E-state index contributed by atoms with van der Waals surface area (Å²) >= 11 is 0. The molecule has 20 heavy (non-hydrogen) atoms. The lowest BCUT2D eigenvalue weighted by atomic mass is 10.1. The van der Waals surface area contributed by atoms with Crippen LogP contribution in [0.5, 0.6) is 5.75 Å². The van der Waals surface area contributed by atoms with Gasteiger partial charge in [0.2, 0.25) is 10.0 Å². The van der Waals surface area contributed by atoms with Gasteiger partial charge < -0.3 is 10.5 Å². The zero-order valence-electron chi connectivity index (χ0n) is 11.8. The van der Waals surface area contributed by atoms with Crippen LogP contribution in [0, 0.1) is 6.92 Å². The van der Waals surface area contributed by atoms with E-state index in [1.54, 1.807) is 0 Å². The Hall–Kier alpha value is -1.11. The zero-order chi connectivity index (χ0) is 14.6. The fourth-order valence-electron chi connectivity index (χ4n) is 2.26. The summed E-state index contributed by atoms with van der Waals surface area (Å²) < 4.78 is 31.3. The second-order valence-corrected chi connectivity index (χ2v) is 7.33. The molecule has 1 aliphatic rings. The SMILES string of the molecule is Cc1ccc(OCCS(=O)(=O)N2CCCC(N)C2)cc1. The van der Waals surface area contributed by atoms with E-state index >= 15 is 0 Å². The van der Waals surface area contributed by atoms with Gasteiger partial charge in [0.15, 0.2) is 0 Å². The van der Waals surface area contributed by atoms with E-state index in [2.05, 4.69) is 0 Å². The quantitative estimate of drug-likeness (QED) is 0.884. The van der Waals surface area contributed by atoms with Gasteiger partial charge in [-0.1, -0.05) is 17.7 Å². The summed E-state index contributed by atoms with van der Waals surface area (Å²) in [4.78, 5) is 0. The first kappa shape index (κ1) is 15.3.